The minimum atomic E-state index is -0.365. The number of aromatic nitrogens is 2. The van der Waals surface area contributed by atoms with Crippen molar-refractivity contribution in [2.24, 2.45) is 5.10 Å². The fraction of sp³-hybridized carbons (Fsp3) is 0.118. The molecule has 0 aliphatic rings. The Labute approximate surface area is 133 Å². The molecule has 2 aromatic heterocycles. The zero-order chi connectivity index (χ0) is 16.2. The monoisotopic (exact) mass is 308 g/mol. The molecule has 116 valence electrons. The maximum atomic E-state index is 12.0. The Morgan fingerprint density at radius 3 is 2.70 bits per heavy atom. The highest BCUT2D eigenvalue weighted by atomic mass is 16.3. The van der Waals surface area contributed by atoms with Crippen LogP contribution in [0.4, 0.5) is 0 Å². The van der Waals surface area contributed by atoms with Gasteiger partial charge in [0.25, 0.3) is 5.91 Å². The topological polar surface area (TPSA) is 83.3 Å². The molecule has 1 aromatic carbocycles. The first-order valence-electron chi connectivity index (χ1n) is 7.14. The number of carbonyl (C=O) groups excluding carboxylic acids is 1. The maximum Gasteiger partial charge on any atom is 0.289 e. The van der Waals surface area contributed by atoms with Crippen molar-refractivity contribution in [1.82, 2.24) is 15.6 Å². The van der Waals surface area contributed by atoms with Crippen molar-refractivity contribution >= 4 is 12.1 Å². The summed E-state index contributed by atoms with van der Waals surface area (Å²) in [5.74, 6) is 0.997. The lowest BCUT2D eigenvalue weighted by Gasteiger charge is -1.96. The van der Waals surface area contributed by atoms with Crippen LogP contribution in [-0.4, -0.2) is 22.3 Å². The summed E-state index contributed by atoms with van der Waals surface area (Å²) in [6.07, 6.45) is 1.45. The third kappa shape index (κ3) is 3.55. The van der Waals surface area contributed by atoms with E-state index in [1.165, 1.54) is 11.8 Å². The van der Waals surface area contributed by atoms with E-state index >= 15 is 0 Å². The molecule has 0 atom stereocenters. The summed E-state index contributed by atoms with van der Waals surface area (Å²) in [4.78, 5) is 12.0. The molecule has 0 saturated carbocycles. The first-order valence-corrected chi connectivity index (χ1v) is 7.14. The number of hydrogen-bond donors (Lipinski definition) is 2. The van der Waals surface area contributed by atoms with Crippen LogP contribution in [0.5, 0.6) is 0 Å². The van der Waals surface area contributed by atoms with Crippen LogP contribution >= 0.6 is 0 Å². The van der Waals surface area contributed by atoms with E-state index in [2.05, 4.69) is 20.7 Å². The molecule has 0 saturated heterocycles. The number of hydrogen-bond acceptors (Lipinski definition) is 4. The van der Waals surface area contributed by atoms with Crippen LogP contribution in [0.3, 0.4) is 0 Å². The Morgan fingerprint density at radius 1 is 1.22 bits per heavy atom. The van der Waals surface area contributed by atoms with Crippen molar-refractivity contribution < 1.29 is 9.21 Å². The van der Waals surface area contributed by atoms with Gasteiger partial charge in [-0.15, -0.1) is 0 Å². The zero-order valence-corrected chi connectivity index (χ0v) is 12.8. The van der Waals surface area contributed by atoms with Crippen LogP contribution in [0.15, 0.2) is 52.0 Å². The molecule has 0 unspecified atom stereocenters. The van der Waals surface area contributed by atoms with Crippen molar-refractivity contribution in [3.63, 3.8) is 0 Å². The average molecular weight is 308 g/mol. The minimum absolute atomic E-state index is 0.341. The lowest BCUT2D eigenvalue weighted by Crippen LogP contribution is -2.17. The SMILES string of the molecule is Cc1ccc(-c2cc(C(=O)N/N=C\c3ccc(C)o3)[nH]n2)cc1. The third-order valence-corrected chi connectivity index (χ3v) is 3.29. The van der Waals surface area contributed by atoms with Gasteiger partial charge in [0, 0.05) is 5.56 Å². The predicted octanol–water partition coefficient (Wildman–Crippen LogP) is 3.05. The molecule has 1 amide bonds. The van der Waals surface area contributed by atoms with Gasteiger partial charge < -0.3 is 4.42 Å². The summed E-state index contributed by atoms with van der Waals surface area (Å²) < 4.78 is 5.32. The number of furan rings is 1. The normalized spacial score (nSPS) is 11.0. The Hall–Kier alpha value is -3.15. The number of rotatable bonds is 4. The maximum absolute atomic E-state index is 12.0. The molecule has 0 bridgehead atoms. The van der Waals surface area contributed by atoms with Crippen LogP contribution in [0, 0.1) is 13.8 Å². The molecule has 0 spiro atoms. The number of nitrogens with zero attached hydrogens (tertiary/aromatic N) is 2. The first kappa shape index (κ1) is 14.8. The van der Waals surface area contributed by atoms with E-state index in [1.807, 2.05) is 44.2 Å². The molecule has 0 aliphatic heterocycles. The summed E-state index contributed by atoms with van der Waals surface area (Å²) >= 11 is 0. The van der Waals surface area contributed by atoms with Gasteiger partial charge >= 0.3 is 0 Å². The highest BCUT2D eigenvalue weighted by Gasteiger charge is 2.10. The molecular weight excluding hydrogens is 292 g/mol. The van der Waals surface area contributed by atoms with E-state index in [4.69, 9.17) is 4.42 Å². The number of aromatic amines is 1. The van der Waals surface area contributed by atoms with E-state index in [9.17, 15) is 4.79 Å². The molecule has 2 N–H and O–H groups in total. The smallest absolute Gasteiger partial charge is 0.289 e. The summed E-state index contributed by atoms with van der Waals surface area (Å²) in [6, 6.07) is 13.2. The number of aryl methyl sites for hydroxylation is 2. The molecule has 3 rings (SSSR count). The molecule has 23 heavy (non-hydrogen) atoms. The second kappa shape index (κ2) is 6.31. The number of carbonyl (C=O) groups is 1. The second-order valence-electron chi connectivity index (χ2n) is 5.18. The molecule has 6 heteroatoms. The average Bonchev–Trinajstić information content (AvgIpc) is 3.17. The van der Waals surface area contributed by atoms with Crippen molar-refractivity contribution in [3.05, 3.63) is 65.2 Å². The first-order chi connectivity index (χ1) is 11.1. The predicted molar refractivity (Wildman–Crippen MR) is 87.3 cm³/mol. The van der Waals surface area contributed by atoms with Crippen LogP contribution in [-0.2, 0) is 0 Å². The van der Waals surface area contributed by atoms with E-state index in [0.29, 0.717) is 17.1 Å². The zero-order valence-electron chi connectivity index (χ0n) is 12.8. The van der Waals surface area contributed by atoms with Gasteiger partial charge in [0.1, 0.15) is 17.2 Å². The van der Waals surface area contributed by atoms with E-state index in [-0.39, 0.29) is 5.91 Å². The van der Waals surface area contributed by atoms with Gasteiger partial charge in [-0.05, 0) is 32.0 Å². The van der Waals surface area contributed by atoms with Gasteiger partial charge in [-0.25, -0.2) is 5.43 Å². The Bertz CT molecular complexity index is 844. The lowest BCUT2D eigenvalue weighted by molar-refractivity contribution is 0.0950. The highest BCUT2D eigenvalue weighted by molar-refractivity contribution is 5.93. The van der Waals surface area contributed by atoms with Gasteiger partial charge in [-0.3, -0.25) is 9.89 Å². The molecule has 6 nitrogen and oxygen atoms in total. The lowest BCUT2D eigenvalue weighted by atomic mass is 10.1. The van der Waals surface area contributed by atoms with Gasteiger partial charge in [0.15, 0.2) is 0 Å². The van der Waals surface area contributed by atoms with E-state index < -0.39 is 0 Å². The minimum Gasteiger partial charge on any atom is -0.460 e. The number of H-pyrrole nitrogens is 1. The Morgan fingerprint density at radius 2 is 2.00 bits per heavy atom. The van der Waals surface area contributed by atoms with Gasteiger partial charge in [-0.1, -0.05) is 29.8 Å². The number of benzene rings is 1. The van der Waals surface area contributed by atoms with Crippen molar-refractivity contribution in [2.45, 2.75) is 13.8 Å². The fourth-order valence-corrected chi connectivity index (χ4v) is 2.05. The quantitative estimate of drug-likeness (QED) is 0.574. The summed E-state index contributed by atoms with van der Waals surface area (Å²) in [5, 5.41) is 10.7. The summed E-state index contributed by atoms with van der Waals surface area (Å²) in [6.45, 7) is 3.86. The van der Waals surface area contributed by atoms with E-state index in [0.717, 1.165) is 11.3 Å². The van der Waals surface area contributed by atoms with Crippen LogP contribution in [0.25, 0.3) is 11.3 Å². The largest absolute Gasteiger partial charge is 0.460 e. The van der Waals surface area contributed by atoms with Gasteiger partial charge in [-0.2, -0.15) is 10.2 Å². The van der Waals surface area contributed by atoms with Crippen LogP contribution in [0.2, 0.25) is 0 Å². The second-order valence-corrected chi connectivity index (χ2v) is 5.18. The van der Waals surface area contributed by atoms with E-state index in [1.54, 1.807) is 12.1 Å². The van der Waals surface area contributed by atoms with Crippen LogP contribution in [0.1, 0.15) is 27.6 Å². The van der Waals surface area contributed by atoms with Crippen molar-refractivity contribution in [3.8, 4) is 11.3 Å². The fourth-order valence-electron chi connectivity index (χ4n) is 2.05. The van der Waals surface area contributed by atoms with Crippen molar-refractivity contribution in [1.29, 1.82) is 0 Å². The number of nitrogens with one attached hydrogen (secondary N) is 2. The number of hydrazone groups is 1. The molecule has 0 fully saturated rings. The summed E-state index contributed by atoms with van der Waals surface area (Å²) in [7, 11) is 0. The van der Waals surface area contributed by atoms with Crippen LogP contribution < -0.4 is 5.43 Å². The molecule has 0 radical (unpaired) electrons. The molecule has 3 aromatic rings. The molecule has 0 aliphatic carbocycles. The van der Waals surface area contributed by atoms with Gasteiger partial charge in [0.05, 0.1) is 11.9 Å². The Kier molecular flexibility index (Phi) is 4.05. The van der Waals surface area contributed by atoms with Gasteiger partial charge in [0.2, 0.25) is 0 Å². The third-order valence-electron chi connectivity index (χ3n) is 3.29. The Balaban J connectivity index is 1.66. The number of amides is 1. The van der Waals surface area contributed by atoms with Crippen molar-refractivity contribution in [2.75, 3.05) is 0 Å². The molecular formula is C17H16N4O2. The highest BCUT2D eigenvalue weighted by Crippen LogP contribution is 2.18. The summed E-state index contributed by atoms with van der Waals surface area (Å²) in [5.41, 5.74) is 5.60. The molecule has 2 heterocycles. The standard InChI is InChI=1S/C17H16N4O2/c1-11-3-6-13(7-4-11)15-9-16(20-19-15)17(22)21-18-10-14-8-5-12(2)23-14/h3-10H,1-2H3,(H,19,20)(H,21,22)/b18-10-.